The highest BCUT2D eigenvalue weighted by molar-refractivity contribution is 5.97. The first kappa shape index (κ1) is 15.1. The minimum atomic E-state index is -0.447. The first-order valence-corrected chi connectivity index (χ1v) is 7.03. The van der Waals surface area contributed by atoms with Gasteiger partial charge in [0.25, 0.3) is 5.91 Å². The highest BCUT2D eigenvalue weighted by atomic mass is 16.5. The lowest BCUT2D eigenvalue weighted by Gasteiger charge is -2.33. The molecule has 2 amide bonds. The van der Waals surface area contributed by atoms with Gasteiger partial charge in [0.15, 0.2) is 0 Å². The third kappa shape index (κ3) is 3.45. The predicted octanol–water partition coefficient (Wildman–Crippen LogP) is 0.353. The van der Waals surface area contributed by atoms with Crippen molar-refractivity contribution in [2.45, 2.75) is 25.8 Å². The number of amides is 2. The Morgan fingerprint density at radius 3 is 2.95 bits per heavy atom. The molecule has 1 unspecified atom stereocenters. The lowest BCUT2D eigenvalue weighted by molar-refractivity contribution is 0.0676. The number of nitrogen functional groups attached to an aromatic ring is 1. The van der Waals surface area contributed by atoms with Crippen LogP contribution in [-0.4, -0.2) is 52.4 Å². The molecule has 2 heterocycles. The zero-order valence-corrected chi connectivity index (χ0v) is 12.3. The molecule has 1 aliphatic rings. The molecule has 0 spiro atoms. The molecule has 1 aliphatic heterocycles. The van der Waals surface area contributed by atoms with Crippen LogP contribution >= 0.6 is 0 Å². The van der Waals surface area contributed by atoms with E-state index in [4.69, 9.17) is 10.5 Å². The Labute approximate surface area is 123 Å². The number of nitrogens with zero attached hydrogens (tertiary/aromatic N) is 3. The van der Waals surface area contributed by atoms with Crippen LogP contribution in [0.4, 0.5) is 10.5 Å². The van der Waals surface area contributed by atoms with Crippen LogP contribution in [0.5, 0.6) is 0 Å². The summed E-state index contributed by atoms with van der Waals surface area (Å²) in [5.74, 6) is -0.164. The summed E-state index contributed by atoms with van der Waals surface area (Å²) in [6.07, 6.45) is 2.66. The van der Waals surface area contributed by atoms with Crippen molar-refractivity contribution in [3.05, 3.63) is 11.9 Å². The van der Waals surface area contributed by atoms with E-state index in [1.54, 1.807) is 18.9 Å². The molecule has 1 aromatic heterocycles. The van der Waals surface area contributed by atoms with Crippen molar-refractivity contribution in [3.8, 4) is 0 Å². The van der Waals surface area contributed by atoms with Gasteiger partial charge in [0, 0.05) is 26.2 Å². The fourth-order valence-electron chi connectivity index (χ4n) is 2.49. The summed E-state index contributed by atoms with van der Waals surface area (Å²) >= 11 is 0. The predicted molar refractivity (Wildman–Crippen MR) is 76.7 cm³/mol. The maximum Gasteiger partial charge on any atom is 0.407 e. The SMILES string of the molecule is CCOC(=O)NC1CCCN(C(=O)c2c(N)cnn2C)C1. The number of nitrogens with two attached hydrogens (primary N) is 1. The molecule has 8 heteroatoms. The molecule has 1 saturated heterocycles. The number of carbonyl (C=O) groups excluding carboxylic acids is 2. The molecule has 1 aromatic rings. The first-order valence-electron chi connectivity index (χ1n) is 7.03. The Bertz CT molecular complexity index is 508. The van der Waals surface area contributed by atoms with E-state index >= 15 is 0 Å². The monoisotopic (exact) mass is 295 g/mol. The van der Waals surface area contributed by atoms with Gasteiger partial charge in [0.1, 0.15) is 5.69 Å². The molecule has 3 N–H and O–H groups in total. The van der Waals surface area contributed by atoms with Gasteiger partial charge in [-0.2, -0.15) is 5.10 Å². The van der Waals surface area contributed by atoms with Gasteiger partial charge in [0.05, 0.1) is 18.5 Å². The molecule has 1 atom stereocenters. The van der Waals surface area contributed by atoms with E-state index in [-0.39, 0.29) is 11.9 Å². The van der Waals surface area contributed by atoms with Crippen LogP contribution in [0.25, 0.3) is 0 Å². The number of piperidine rings is 1. The van der Waals surface area contributed by atoms with Crippen molar-refractivity contribution in [3.63, 3.8) is 0 Å². The Kier molecular flexibility index (Phi) is 4.66. The van der Waals surface area contributed by atoms with Gasteiger partial charge in [-0.25, -0.2) is 4.79 Å². The summed E-state index contributed by atoms with van der Waals surface area (Å²) in [4.78, 5) is 25.6. The minimum absolute atomic E-state index is 0.101. The molecular formula is C13H21N5O3. The number of ether oxygens (including phenoxy) is 1. The van der Waals surface area contributed by atoms with Crippen LogP contribution < -0.4 is 11.1 Å². The second-order valence-electron chi connectivity index (χ2n) is 5.03. The normalized spacial score (nSPS) is 18.4. The van der Waals surface area contributed by atoms with E-state index in [2.05, 4.69) is 10.4 Å². The topological polar surface area (TPSA) is 102 Å². The van der Waals surface area contributed by atoms with Gasteiger partial charge in [-0.1, -0.05) is 0 Å². The number of hydrogen-bond acceptors (Lipinski definition) is 5. The molecule has 8 nitrogen and oxygen atoms in total. The summed E-state index contributed by atoms with van der Waals surface area (Å²) in [5.41, 5.74) is 6.53. The van der Waals surface area contributed by atoms with Crippen LogP contribution in [-0.2, 0) is 11.8 Å². The molecule has 0 bridgehead atoms. The number of rotatable bonds is 3. The van der Waals surface area contributed by atoms with Gasteiger partial charge in [-0.05, 0) is 19.8 Å². The quantitative estimate of drug-likeness (QED) is 0.838. The van der Waals surface area contributed by atoms with E-state index < -0.39 is 6.09 Å². The minimum Gasteiger partial charge on any atom is -0.450 e. The van der Waals surface area contributed by atoms with Crippen molar-refractivity contribution in [2.24, 2.45) is 7.05 Å². The fourth-order valence-corrected chi connectivity index (χ4v) is 2.49. The van der Waals surface area contributed by atoms with Crippen LogP contribution in [0.3, 0.4) is 0 Å². The Morgan fingerprint density at radius 2 is 2.33 bits per heavy atom. The third-order valence-corrected chi connectivity index (χ3v) is 3.48. The highest BCUT2D eigenvalue weighted by Crippen LogP contribution is 2.17. The van der Waals surface area contributed by atoms with E-state index in [9.17, 15) is 9.59 Å². The van der Waals surface area contributed by atoms with Crippen molar-refractivity contribution in [1.82, 2.24) is 20.0 Å². The average Bonchev–Trinajstić information content (AvgIpc) is 2.78. The number of aryl methyl sites for hydroxylation is 1. The Hall–Kier alpha value is -2.25. The van der Waals surface area contributed by atoms with E-state index in [1.165, 1.54) is 10.9 Å². The summed E-state index contributed by atoms with van der Waals surface area (Å²) in [6, 6.07) is -0.101. The van der Waals surface area contributed by atoms with Crippen molar-refractivity contribution >= 4 is 17.7 Å². The average molecular weight is 295 g/mol. The lowest BCUT2D eigenvalue weighted by atomic mass is 10.1. The van der Waals surface area contributed by atoms with Gasteiger partial charge in [0.2, 0.25) is 0 Å². The first-order chi connectivity index (χ1) is 10.0. The standard InChI is InChI=1S/C13H21N5O3/c1-3-21-13(20)16-9-5-4-6-18(8-9)12(19)11-10(14)7-15-17(11)2/h7,9H,3-6,8,14H2,1-2H3,(H,16,20). The van der Waals surface area contributed by atoms with Crippen molar-refractivity contribution in [2.75, 3.05) is 25.4 Å². The molecule has 116 valence electrons. The summed E-state index contributed by atoms with van der Waals surface area (Å²) in [5, 5.41) is 6.75. The second kappa shape index (κ2) is 6.47. The number of alkyl carbamates (subject to hydrolysis) is 1. The van der Waals surface area contributed by atoms with Crippen LogP contribution in [0.15, 0.2) is 6.20 Å². The smallest absolute Gasteiger partial charge is 0.407 e. The molecule has 2 rings (SSSR count). The number of anilines is 1. The number of nitrogens with one attached hydrogen (secondary N) is 1. The maximum atomic E-state index is 12.5. The molecule has 21 heavy (non-hydrogen) atoms. The number of likely N-dealkylation sites (tertiary alicyclic amines) is 1. The Balaban J connectivity index is 2.01. The fraction of sp³-hybridized carbons (Fsp3) is 0.615. The molecule has 0 saturated carbocycles. The lowest BCUT2D eigenvalue weighted by Crippen LogP contribution is -2.50. The Morgan fingerprint density at radius 1 is 1.57 bits per heavy atom. The number of carbonyl (C=O) groups is 2. The maximum absolute atomic E-state index is 12.5. The van der Waals surface area contributed by atoms with Gasteiger partial charge in [-0.3, -0.25) is 9.48 Å². The van der Waals surface area contributed by atoms with Crippen LogP contribution in [0.1, 0.15) is 30.3 Å². The number of hydrogen-bond donors (Lipinski definition) is 2. The highest BCUT2D eigenvalue weighted by Gasteiger charge is 2.28. The zero-order chi connectivity index (χ0) is 15.4. The van der Waals surface area contributed by atoms with Gasteiger partial charge >= 0.3 is 6.09 Å². The van der Waals surface area contributed by atoms with E-state index in [0.717, 1.165) is 12.8 Å². The zero-order valence-electron chi connectivity index (χ0n) is 12.3. The van der Waals surface area contributed by atoms with Crippen LogP contribution in [0.2, 0.25) is 0 Å². The van der Waals surface area contributed by atoms with Crippen molar-refractivity contribution < 1.29 is 14.3 Å². The largest absolute Gasteiger partial charge is 0.450 e. The molecule has 0 aliphatic carbocycles. The van der Waals surface area contributed by atoms with Gasteiger partial charge in [-0.15, -0.1) is 0 Å². The van der Waals surface area contributed by atoms with Crippen molar-refractivity contribution in [1.29, 1.82) is 0 Å². The van der Waals surface area contributed by atoms with E-state index in [1.807, 2.05) is 0 Å². The summed E-state index contributed by atoms with van der Waals surface area (Å²) < 4.78 is 6.34. The second-order valence-corrected chi connectivity index (χ2v) is 5.03. The van der Waals surface area contributed by atoms with E-state index in [0.29, 0.717) is 31.1 Å². The molecular weight excluding hydrogens is 274 g/mol. The summed E-state index contributed by atoms with van der Waals surface area (Å²) in [7, 11) is 1.68. The van der Waals surface area contributed by atoms with Gasteiger partial charge < -0.3 is 20.7 Å². The summed E-state index contributed by atoms with van der Waals surface area (Å²) in [6.45, 7) is 3.17. The molecule has 1 fully saturated rings. The third-order valence-electron chi connectivity index (χ3n) is 3.48. The van der Waals surface area contributed by atoms with Crippen LogP contribution in [0, 0.1) is 0 Å². The molecule has 0 radical (unpaired) electrons. The number of aromatic nitrogens is 2. The molecule has 0 aromatic carbocycles.